The number of nitrogens with zero attached hydrogens (tertiary/aromatic N) is 5. The predicted molar refractivity (Wildman–Crippen MR) is 191 cm³/mol. The van der Waals surface area contributed by atoms with E-state index < -0.39 is 0 Å². The zero-order valence-electron chi connectivity index (χ0n) is 25.7. The van der Waals surface area contributed by atoms with Gasteiger partial charge in [-0.2, -0.15) is 0 Å². The Morgan fingerprint density at radius 2 is 1.26 bits per heavy atom. The van der Waals surface area contributed by atoms with Gasteiger partial charge in [-0.25, -0.2) is 15.0 Å². The molecule has 1 aliphatic heterocycles. The Bertz CT molecular complexity index is 2530. The Hall–Kier alpha value is -6.07. The molecule has 4 heterocycles. The van der Waals surface area contributed by atoms with Crippen molar-refractivity contribution in [3.63, 3.8) is 0 Å². The second kappa shape index (κ2) is 9.71. The molecule has 0 amide bonds. The lowest BCUT2D eigenvalue weighted by Gasteiger charge is -2.30. The van der Waals surface area contributed by atoms with Crippen molar-refractivity contribution in [2.24, 2.45) is 0 Å². The number of hydrogen-bond acceptors (Lipinski definition) is 3. The van der Waals surface area contributed by atoms with E-state index in [9.17, 15) is 0 Å². The molecule has 222 valence electrons. The molecule has 8 aromatic rings. The number of para-hydroxylation sites is 1. The molecule has 1 aliphatic carbocycles. The fraction of sp³-hybridized carbons (Fsp3) is 0.0714. The highest BCUT2D eigenvalue weighted by Gasteiger charge is 2.43. The number of allylic oxidation sites excluding steroid dienone is 4. The molecule has 2 unspecified atom stereocenters. The predicted octanol–water partition coefficient (Wildman–Crippen LogP) is 9.86. The van der Waals surface area contributed by atoms with Crippen LogP contribution in [0.5, 0.6) is 0 Å². The van der Waals surface area contributed by atoms with Crippen LogP contribution in [0.2, 0.25) is 0 Å². The van der Waals surface area contributed by atoms with Crippen molar-refractivity contribution in [3.05, 3.63) is 157 Å². The molecule has 0 fully saturated rings. The third-order valence-electron chi connectivity index (χ3n) is 10.0. The standard InChI is InChI=1S/C42H29N5/c1-42-23-11-10-21-36(42)46-24-22-32-37-31-19-8-9-20-34(31)47(35(37)26-33(42)38(32)46)30-18-12-17-29(25-30)41-44-39(27-13-4-2-5-14-27)43-40(45-41)28-15-6-3-7-16-28/h2-26,36H,1H3. The van der Waals surface area contributed by atoms with Gasteiger partial charge in [0, 0.05) is 50.1 Å². The number of aromatic nitrogens is 5. The molecule has 0 N–H and O–H groups in total. The summed E-state index contributed by atoms with van der Waals surface area (Å²) >= 11 is 0. The van der Waals surface area contributed by atoms with Crippen LogP contribution in [0.25, 0.3) is 72.6 Å². The van der Waals surface area contributed by atoms with E-state index in [0.717, 1.165) is 22.4 Å². The van der Waals surface area contributed by atoms with Crippen LogP contribution in [0.3, 0.4) is 0 Å². The summed E-state index contributed by atoms with van der Waals surface area (Å²) in [6.45, 7) is 2.37. The largest absolute Gasteiger partial charge is 0.339 e. The van der Waals surface area contributed by atoms with Gasteiger partial charge in [-0.3, -0.25) is 0 Å². The molecule has 5 aromatic carbocycles. The van der Waals surface area contributed by atoms with Crippen LogP contribution in [-0.4, -0.2) is 24.1 Å². The fourth-order valence-corrected chi connectivity index (χ4v) is 7.81. The van der Waals surface area contributed by atoms with Crippen molar-refractivity contribution in [2.45, 2.75) is 18.4 Å². The van der Waals surface area contributed by atoms with Crippen molar-refractivity contribution >= 4 is 32.7 Å². The van der Waals surface area contributed by atoms with Gasteiger partial charge in [0.1, 0.15) is 0 Å². The summed E-state index contributed by atoms with van der Waals surface area (Å²) in [5.41, 5.74) is 8.91. The van der Waals surface area contributed by atoms with Gasteiger partial charge < -0.3 is 9.13 Å². The van der Waals surface area contributed by atoms with E-state index in [2.05, 4.69) is 107 Å². The molecule has 10 rings (SSSR count). The van der Waals surface area contributed by atoms with Crippen LogP contribution in [-0.2, 0) is 5.41 Å². The van der Waals surface area contributed by atoms with Gasteiger partial charge in [0.05, 0.1) is 22.6 Å². The molecule has 5 heteroatoms. The molecule has 2 atom stereocenters. The first-order valence-electron chi connectivity index (χ1n) is 16.1. The van der Waals surface area contributed by atoms with Crippen molar-refractivity contribution in [1.82, 2.24) is 24.1 Å². The highest BCUT2D eigenvalue weighted by Crippen LogP contribution is 2.53. The molecular weight excluding hydrogens is 574 g/mol. The van der Waals surface area contributed by atoms with Crippen LogP contribution >= 0.6 is 0 Å². The van der Waals surface area contributed by atoms with E-state index >= 15 is 0 Å². The first-order chi connectivity index (χ1) is 23.2. The lowest BCUT2D eigenvalue weighted by Crippen LogP contribution is -2.26. The van der Waals surface area contributed by atoms with Gasteiger partial charge in [-0.15, -0.1) is 0 Å². The Balaban J connectivity index is 1.21. The van der Waals surface area contributed by atoms with Gasteiger partial charge in [-0.1, -0.05) is 115 Å². The van der Waals surface area contributed by atoms with E-state index in [1.54, 1.807) is 0 Å². The van der Waals surface area contributed by atoms with E-state index in [-0.39, 0.29) is 11.5 Å². The van der Waals surface area contributed by atoms with Gasteiger partial charge in [0.15, 0.2) is 17.5 Å². The first-order valence-corrected chi connectivity index (χ1v) is 16.1. The van der Waals surface area contributed by atoms with Crippen LogP contribution in [0, 0.1) is 0 Å². The Morgan fingerprint density at radius 1 is 0.596 bits per heavy atom. The first kappa shape index (κ1) is 26.2. The van der Waals surface area contributed by atoms with Gasteiger partial charge in [0.25, 0.3) is 0 Å². The van der Waals surface area contributed by atoms with E-state index in [0.29, 0.717) is 17.5 Å². The minimum atomic E-state index is -0.104. The van der Waals surface area contributed by atoms with E-state index in [4.69, 9.17) is 15.0 Å². The molecule has 2 aliphatic rings. The number of benzene rings is 5. The second-order valence-corrected chi connectivity index (χ2v) is 12.7. The van der Waals surface area contributed by atoms with Gasteiger partial charge >= 0.3 is 0 Å². The number of fused-ring (bicyclic) bond motifs is 7. The van der Waals surface area contributed by atoms with Crippen molar-refractivity contribution in [3.8, 4) is 39.9 Å². The lowest BCUT2D eigenvalue weighted by atomic mass is 9.75. The monoisotopic (exact) mass is 603 g/mol. The summed E-state index contributed by atoms with van der Waals surface area (Å²) < 4.78 is 4.88. The number of hydrogen-bond donors (Lipinski definition) is 0. The molecular formula is C42H29N5. The van der Waals surface area contributed by atoms with Crippen LogP contribution in [0.15, 0.2) is 152 Å². The molecule has 0 bridgehead atoms. The topological polar surface area (TPSA) is 48.5 Å². The minimum absolute atomic E-state index is 0.104. The van der Waals surface area contributed by atoms with Crippen LogP contribution < -0.4 is 0 Å². The molecule has 0 saturated carbocycles. The maximum absolute atomic E-state index is 5.02. The Kier molecular flexibility index (Phi) is 5.41. The Labute approximate surface area is 271 Å². The summed E-state index contributed by atoms with van der Waals surface area (Å²) in [6, 6.07) is 42.7. The zero-order valence-corrected chi connectivity index (χ0v) is 25.7. The van der Waals surface area contributed by atoms with Gasteiger partial charge in [0.2, 0.25) is 0 Å². The summed E-state index contributed by atoms with van der Waals surface area (Å²) in [4.78, 5) is 14.9. The molecule has 3 aromatic heterocycles. The van der Waals surface area contributed by atoms with E-state index in [1.165, 1.54) is 38.3 Å². The molecule has 0 radical (unpaired) electrons. The smallest absolute Gasteiger partial charge is 0.164 e. The quantitative estimate of drug-likeness (QED) is 0.201. The van der Waals surface area contributed by atoms with Crippen LogP contribution in [0.1, 0.15) is 18.5 Å². The average Bonchev–Trinajstić information content (AvgIpc) is 3.79. The summed E-state index contributed by atoms with van der Waals surface area (Å²) in [7, 11) is 0. The second-order valence-electron chi connectivity index (χ2n) is 12.7. The highest BCUT2D eigenvalue weighted by molar-refractivity contribution is 6.22. The van der Waals surface area contributed by atoms with Gasteiger partial charge in [-0.05, 0) is 42.8 Å². The summed E-state index contributed by atoms with van der Waals surface area (Å²) in [6.07, 6.45) is 11.4. The molecule has 5 nitrogen and oxygen atoms in total. The molecule has 0 spiro atoms. The Morgan fingerprint density at radius 3 is 2.00 bits per heavy atom. The minimum Gasteiger partial charge on any atom is -0.339 e. The number of rotatable bonds is 4. The summed E-state index contributed by atoms with van der Waals surface area (Å²) in [5.74, 6) is 1.96. The zero-order chi connectivity index (χ0) is 31.1. The fourth-order valence-electron chi connectivity index (χ4n) is 7.81. The normalized spacial score (nSPS) is 18.0. The maximum Gasteiger partial charge on any atom is 0.164 e. The third kappa shape index (κ3) is 3.74. The van der Waals surface area contributed by atoms with E-state index in [1.807, 2.05) is 60.7 Å². The highest BCUT2D eigenvalue weighted by atomic mass is 15.1. The molecule has 0 saturated heterocycles. The lowest BCUT2D eigenvalue weighted by molar-refractivity contribution is 0.457. The molecule has 47 heavy (non-hydrogen) atoms. The summed E-state index contributed by atoms with van der Waals surface area (Å²) in [5, 5.41) is 3.84. The maximum atomic E-state index is 5.02. The average molecular weight is 604 g/mol. The third-order valence-corrected chi connectivity index (χ3v) is 10.0. The van der Waals surface area contributed by atoms with Crippen molar-refractivity contribution in [1.29, 1.82) is 0 Å². The van der Waals surface area contributed by atoms with Crippen LogP contribution in [0.4, 0.5) is 0 Å². The SMILES string of the molecule is CC12C=CC=CC1n1ccc3c4c5ccccc5n(-c5cccc(-c6nc(-c7ccccc7)nc(-c7ccccc7)n6)c5)c4cc2c31. The van der Waals surface area contributed by atoms with Crippen molar-refractivity contribution in [2.75, 3.05) is 0 Å². The van der Waals surface area contributed by atoms with Crippen molar-refractivity contribution < 1.29 is 0 Å².